The average Bonchev–Trinajstić information content (AvgIpc) is 2.46. The minimum atomic E-state index is 0.300. The first kappa shape index (κ1) is 13.7. The number of para-hydroxylation sites is 1. The fourth-order valence-electron chi connectivity index (χ4n) is 2.26. The summed E-state index contributed by atoms with van der Waals surface area (Å²) in [6, 6.07) is 10.7. The van der Waals surface area contributed by atoms with Crippen LogP contribution < -0.4 is 5.32 Å². The summed E-state index contributed by atoms with van der Waals surface area (Å²) in [7, 11) is 0. The predicted octanol–water partition coefficient (Wildman–Crippen LogP) is 5.10. The van der Waals surface area contributed by atoms with Gasteiger partial charge in [-0.05, 0) is 30.5 Å². The maximum atomic E-state index is 3.57. The maximum Gasteiger partial charge on any atom is 0.0697 e. The van der Waals surface area contributed by atoms with Crippen molar-refractivity contribution in [2.75, 3.05) is 5.32 Å². The van der Waals surface area contributed by atoms with Gasteiger partial charge in [-0.2, -0.15) is 0 Å². The summed E-state index contributed by atoms with van der Waals surface area (Å²) in [6.45, 7) is 2.25. The zero-order valence-electron chi connectivity index (χ0n) is 11.7. The van der Waals surface area contributed by atoms with Crippen LogP contribution >= 0.6 is 0 Å². The van der Waals surface area contributed by atoms with Gasteiger partial charge in [-0.3, -0.25) is 0 Å². The zero-order valence-corrected chi connectivity index (χ0v) is 11.7. The van der Waals surface area contributed by atoms with E-state index in [-0.39, 0.29) is 0 Å². The molecule has 1 aromatic rings. The third-order valence-corrected chi connectivity index (χ3v) is 3.35. The molecule has 19 heavy (non-hydrogen) atoms. The summed E-state index contributed by atoms with van der Waals surface area (Å²) in [5.41, 5.74) is 2.55. The first-order valence-electron chi connectivity index (χ1n) is 7.26. The molecule has 0 bridgehead atoms. The fourth-order valence-corrected chi connectivity index (χ4v) is 2.26. The summed E-state index contributed by atoms with van der Waals surface area (Å²) in [5, 5.41) is 3.57. The first-order chi connectivity index (χ1) is 9.40. The highest BCUT2D eigenvalue weighted by Crippen LogP contribution is 2.18. The Morgan fingerprint density at radius 2 is 1.95 bits per heavy atom. The Bertz CT molecular complexity index is 454. The van der Waals surface area contributed by atoms with E-state index >= 15 is 0 Å². The van der Waals surface area contributed by atoms with Crippen molar-refractivity contribution in [3.8, 4) is 0 Å². The molecule has 1 aliphatic rings. The average molecular weight is 253 g/mol. The molecule has 0 radical (unpaired) electrons. The van der Waals surface area contributed by atoms with Crippen LogP contribution in [0.15, 0.2) is 66.3 Å². The highest BCUT2D eigenvalue weighted by Gasteiger charge is 2.10. The van der Waals surface area contributed by atoms with E-state index in [1.54, 1.807) is 0 Å². The van der Waals surface area contributed by atoms with E-state index in [1.165, 1.54) is 36.9 Å². The van der Waals surface area contributed by atoms with Crippen molar-refractivity contribution < 1.29 is 0 Å². The van der Waals surface area contributed by atoms with Crippen LogP contribution in [0.3, 0.4) is 0 Å². The highest BCUT2D eigenvalue weighted by atomic mass is 14.9. The monoisotopic (exact) mass is 253 g/mol. The Balaban J connectivity index is 1.97. The molecule has 0 aromatic heterocycles. The lowest BCUT2D eigenvalue weighted by atomic mass is 9.99. The minimum Gasteiger partial charge on any atom is -0.375 e. The molecule has 1 aromatic carbocycles. The molecular formula is C18H23N. The number of rotatable bonds is 6. The lowest BCUT2D eigenvalue weighted by Gasteiger charge is -2.20. The zero-order chi connectivity index (χ0) is 13.3. The van der Waals surface area contributed by atoms with Crippen LogP contribution in [-0.4, -0.2) is 6.04 Å². The SMILES string of the molecule is CCCCCC=C1C=CC=CC1Nc1ccccc1. The van der Waals surface area contributed by atoms with Crippen molar-refractivity contribution in [1.82, 2.24) is 0 Å². The fraction of sp³-hybridized carbons (Fsp3) is 0.333. The molecule has 0 saturated heterocycles. The smallest absolute Gasteiger partial charge is 0.0697 e. The molecule has 0 amide bonds. The predicted molar refractivity (Wildman–Crippen MR) is 84.4 cm³/mol. The van der Waals surface area contributed by atoms with Gasteiger partial charge in [0, 0.05) is 5.69 Å². The van der Waals surface area contributed by atoms with Gasteiger partial charge in [0.25, 0.3) is 0 Å². The van der Waals surface area contributed by atoms with Crippen LogP contribution in [0.25, 0.3) is 0 Å². The number of nitrogens with one attached hydrogen (secondary N) is 1. The molecule has 0 heterocycles. The molecule has 0 aliphatic heterocycles. The van der Waals surface area contributed by atoms with Gasteiger partial charge in [-0.1, -0.05) is 68.3 Å². The first-order valence-corrected chi connectivity index (χ1v) is 7.26. The van der Waals surface area contributed by atoms with Crippen molar-refractivity contribution >= 4 is 5.69 Å². The van der Waals surface area contributed by atoms with Crippen LogP contribution in [0.2, 0.25) is 0 Å². The Labute approximate surface area is 116 Å². The lowest BCUT2D eigenvalue weighted by Crippen LogP contribution is -2.20. The molecular weight excluding hydrogens is 230 g/mol. The van der Waals surface area contributed by atoms with Gasteiger partial charge >= 0.3 is 0 Å². The van der Waals surface area contributed by atoms with Crippen molar-refractivity contribution in [1.29, 1.82) is 0 Å². The van der Waals surface area contributed by atoms with E-state index in [2.05, 4.69) is 66.9 Å². The van der Waals surface area contributed by atoms with E-state index in [4.69, 9.17) is 0 Å². The summed E-state index contributed by atoms with van der Waals surface area (Å²) in [4.78, 5) is 0. The van der Waals surface area contributed by atoms with Crippen LogP contribution in [0, 0.1) is 0 Å². The molecule has 100 valence electrons. The largest absolute Gasteiger partial charge is 0.375 e. The van der Waals surface area contributed by atoms with Crippen LogP contribution in [-0.2, 0) is 0 Å². The Kier molecular flexibility index (Phi) is 5.49. The molecule has 1 N–H and O–H groups in total. The number of unbranched alkanes of at least 4 members (excludes halogenated alkanes) is 3. The second kappa shape index (κ2) is 7.63. The van der Waals surface area contributed by atoms with Gasteiger partial charge in [-0.25, -0.2) is 0 Å². The van der Waals surface area contributed by atoms with E-state index in [0.29, 0.717) is 6.04 Å². The number of hydrogen-bond acceptors (Lipinski definition) is 1. The quantitative estimate of drug-likeness (QED) is 0.695. The third-order valence-electron chi connectivity index (χ3n) is 3.35. The molecule has 1 unspecified atom stereocenters. The number of allylic oxidation sites excluding steroid dienone is 3. The lowest BCUT2D eigenvalue weighted by molar-refractivity contribution is 0.726. The summed E-state index contributed by atoms with van der Waals surface area (Å²) >= 11 is 0. The van der Waals surface area contributed by atoms with Crippen LogP contribution in [0.4, 0.5) is 5.69 Å². The van der Waals surface area contributed by atoms with Crippen molar-refractivity contribution in [3.63, 3.8) is 0 Å². The van der Waals surface area contributed by atoms with Gasteiger partial charge in [-0.15, -0.1) is 0 Å². The van der Waals surface area contributed by atoms with E-state index in [9.17, 15) is 0 Å². The maximum absolute atomic E-state index is 3.57. The van der Waals surface area contributed by atoms with E-state index in [0.717, 1.165) is 0 Å². The molecule has 1 heteroatoms. The van der Waals surface area contributed by atoms with E-state index < -0.39 is 0 Å². The number of benzene rings is 1. The molecule has 0 fully saturated rings. The Morgan fingerprint density at radius 3 is 2.74 bits per heavy atom. The summed E-state index contributed by atoms with van der Waals surface area (Å²) in [6.07, 6.45) is 16.1. The van der Waals surface area contributed by atoms with E-state index in [1.807, 2.05) is 6.07 Å². The molecule has 2 rings (SSSR count). The van der Waals surface area contributed by atoms with Gasteiger partial charge in [0.15, 0.2) is 0 Å². The van der Waals surface area contributed by atoms with Gasteiger partial charge < -0.3 is 5.32 Å². The van der Waals surface area contributed by atoms with Gasteiger partial charge in [0.1, 0.15) is 0 Å². The second-order valence-corrected chi connectivity index (χ2v) is 4.93. The topological polar surface area (TPSA) is 12.0 Å². The number of hydrogen-bond donors (Lipinski definition) is 1. The molecule has 1 atom stereocenters. The molecule has 1 aliphatic carbocycles. The second-order valence-electron chi connectivity index (χ2n) is 4.93. The van der Waals surface area contributed by atoms with Crippen molar-refractivity contribution in [2.45, 2.75) is 38.6 Å². The Morgan fingerprint density at radius 1 is 1.11 bits per heavy atom. The van der Waals surface area contributed by atoms with Crippen LogP contribution in [0.1, 0.15) is 32.6 Å². The van der Waals surface area contributed by atoms with Crippen LogP contribution in [0.5, 0.6) is 0 Å². The molecule has 0 saturated carbocycles. The van der Waals surface area contributed by atoms with Gasteiger partial charge in [0.2, 0.25) is 0 Å². The van der Waals surface area contributed by atoms with Gasteiger partial charge in [0.05, 0.1) is 6.04 Å². The van der Waals surface area contributed by atoms with Crippen molar-refractivity contribution in [3.05, 3.63) is 66.3 Å². The summed E-state index contributed by atoms with van der Waals surface area (Å²) in [5.74, 6) is 0. The summed E-state index contributed by atoms with van der Waals surface area (Å²) < 4.78 is 0. The standard InChI is InChI=1S/C18H23N/c1-2-3-4-6-11-16-12-9-10-15-18(16)19-17-13-7-5-8-14-17/h5,7-15,18-19H,2-4,6H2,1H3. The Hall–Kier alpha value is -1.76. The highest BCUT2D eigenvalue weighted by molar-refractivity contribution is 5.50. The van der Waals surface area contributed by atoms with Crippen molar-refractivity contribution in [2.24, 2.45) is 0 Å². The molecule has 1 nitrogen and oxygen atoms in total. The number of anilines is 1. The normalized spacial score (nSPS) is 19.8. The molecule has 0 spiro atoms. The third kappa shape index (κ3) is 4.44. The minimum absolute atomic E-state index is 0.300.